The Morgan fingerprint density at radius 2 is 1.87 bits per heavy atom. The third kappa shape index (κ3) is 2.13. The Morgan fingerprint density at radius 3 is 2.53 bits per heavy atom. The summed E-state index contributed by atoms with van der Waals surface area (Å²) in [7, 11) is 0. The maximum atomic E-state index is 5.53. The van der Waals surface area contributed by atoms with E-state index in [0.29, 0.717) is 18.2 Å². The second kappa shape index (κ2) is 4.10. The predicted octanol–water partition coefficient (Wildman–Crippen LogP) is 0.701. The van der Waals surface area contributed by atoms with Crippen molar-refractivity contribution in [1.29, 1.82) is 0 Å². The van der Waals surface area contributed by atoms with Crippen molar-refractivity contribution in [2.75, 3.05) is 0 Å². The van der Waals surface area contributed by atoms with Crippen LogP contribution in [0.4, 0.5) is 0 Å². The Hall–Kier alpha value is -1.88. The van der Waals surface area contributed by atoms with Crippen LogP contribution in [0.3, 0.4) is 0 Å². The normalized spacial score (nSPS) is 10.3. The topological polar surface area (TPSA) is 77.6 Å². The molecule has 0 atom stereocenters. The zero-order valence-corrected chi connectivity index (χ0v) is 8.38. The monoisotopic (exact) mass is 201 g/mol. The third-order valence-corrected chi connectivity index (χ3v) is 1.88. The zero-order valence-electron chi connectivity index (χ0n) is 8.38. The van der Waals surface area contributed by atoms with E-state index in [1.807, 2.05) is 13.0 Å². The third-order valence-electron chi connectivity index (χ3n) is 1.88. The van der Waals surface area contributed by atoms with E-state index in [9.17, 15) is 0 Å². The molecular weight excluding hydrogens is 190 g/mol. The minimum absolute atomic E-state index is 0.392. The van der Waals surface area contributed by atoms with Gasteiger partial charge in [0.05, 0.1) is 5.69 Å². The Morgan fingerprint density at radius 1 is 1.13 bits per heavy atom. The van der Waals surface area contributed by atoms with Gasteiger partial charge in [-0.1, -0.05) is 0 Å². The molecule has 0 amide bonds. The number of rotatable bonds is 2. The average molecular weight is 201 g/mol. The van der Waals surface area contributed by atoms with Crippen molar-refractivity contribution in [3.8, 4) is 11.6 Å². The van der Waals surface area contributed by atoms with Crippen molar-refractivity contribution >= 4 is 0 Å². The van der Waals surface area contributed by atoms with E-state index < -0.39 is 0 Å². The fourth-order valence-electron chi connectivity index (χ4n) is 1.25. The molecule has 5 heteroatoms. The lowest BCUT2D eigenvalue weighted by atomic mass is 10.3. The van der Waals surface area contributed by atoms with Gasteiger partial charge in [0.1, 0.15) is 0 Å². The highest BCUT2D eigenvalue weighted by atomic mass is 15.0. The molecule has 0 bridgehead atoms. The van der Waals surface area contributed by atoms with Crippen molar-refractivity contribution in [2.24, 2.45) is 5.73 Å². The lowest BCUT2D eigenvalue weighted by molar-refractivity contribution is 0.939. The van der Waals surface area contributed by atoms with Crippen molar-refractivity contribution < 1.29 is 0 Å². The fraction of sp³-hybridized carbons (Fsp3) is 0.200. The summed E-state index contributed by atoms with van der Waals surface area (Å²) in [6.07, 6.45) is 3.33. The van der Waals surface area contributed by atoms with Crippen LogP contribution in [0.5, 0.6) is 0 Å². The summed E-state index contributed by atoms with van der Waals surface area (Å²) in [6, 6.07) is 3.61. The Kier molecular flexibility index (Phi) is 2.64. The summed E-state index contributed by atoms with van der Waals surface area (Å²) in [6.45, 7) is 2.29. The van der Waals surface area contributed by atoms with Gasteiger partial charge < -0.3 is 5.73 Å². The van der Waals surface area contributed by atoms with Gasteiger partial charge in [-0.3, -0.25) is 0 Å². The van der Waals surface area contributed by atoms with Crippen molar-refractivity contribution in [3.63, 3.8) is 0 Å². The maximum absolute atomic E-state index is 5.53. The number of nitrogens with zero attached hydrogens (tertiary/aromatic N) is 4. The van der Waals surface area contributed by atoms with Crippen LogP contribution in [0, 0.1) is 6.92 Å². The molecule has 0 radical (unpaired) electrons. The standard InChI is InChI=1S/C10H11N5/c1-7-5-8(6-11)15-10(14-7)9-12-3-2-4-13-9/h2-5H,6,11H2,1H3. The van der Waals surface area contributed by atoms with Gasteiger partial charge in [0.25, 0.3) is 0 Å². The van der Waals surface area contributed by atoms with Crippen LogP contribution >= 0.6 is 0 Å². The van der Waals surface area contributed by atoms with Crippen molar-refractivity contribution in [2.45, 2.75) is 13.5 Å². The predicted molar refractivity (Wildman–Crippen MR) is 55.7 cm³/mol. The van der Waals surface area contributed by atoms with Gasteiger partial charge in [-0.05, 0) is 19.1 Å². The molecule has 0 aliphatic carbocycles. The van der Waals surface area contributed by atoms with E-state index in [0.717, 1.165) is 11.4 Å². The first-order chi connectivity index (χ1) is 7.29. The number of aryl methyl sites for hydroxylation is 1. The molecule has 0 saturated heterocycles. The molecule has 2 rings (SSSR count). The molecule has 0 aromatic carbocycles. The van der Waals surface area contributed by atoms with Gasteiger partial charge in [-0.15, -0.1) is 0 Å². The van der Waals surface area contributed by atoms with Crippen LogP contribution in [-0.2, 0) is 6.54 Å². The summed E-state index contributed by atoms with van der Waals surface area (Å²) in [5.74, 6) is 1.05. The lowest BCUT2D eigenvalue weighted by Gasteiger charge is -2.02. The van der Waals surface area contributed by atoms with Crippen LogP contribution in [-0.4, -0.2) is 19.9 Å². The number of nitrogens with two attached hydrogens (primary N) is 1. The molecule has 2 N–H and O–H groups in total. The molecule has 2 aromatic rings. The lowest BCUT2D eigenvalue weighted by Crippen LogP contribution is -2.04. The summed E-state index contributed by atoms with van der Waals surface area (Å²) in [4.78, 5) is 16.7. The highest BCUT2D eigenvalue weighted by Crippen LogP contribution is 2.09. The molecule has 0 fully saturated rings. The van der Waals surface area contributed by atoms with Gasteiger partial charge in [0.15, 0.2) is 11.6 Å². The Balaban J connectivity index is 2.49. The van der Waals surface area contributed by atoms with E-state index in [1.54, 1.807) is 18.5 Å². The molecule has 15 heavy (non-hydrogen) atoms. The molecule has 76 valence electrons. The Labute approximate surface area is 87.4 Å². The molecule has 0 saturated carbocycles. The molecule has 2 aromatic heterocycles. The molecule has 0 spiro atoms. The minimum atomic E-state index is 0.392. The van der Waals surface area contributed by atoms with E-state index in [-0.39, 0.29) is 0 Å². The summed E-state index contributed by atoms with van der Waals surface area (Å²) >= 11 is 0. The summed E-state index contributed by atoms with van der Waals surface area (Å²) in [5, 5.41) is 0. The van der Waals surface area contributed by atoms with E-state index >= 15 is 0 Å². The molecule has 0 aliphatic rings. The van der Waals surface area contributed by atoms with Crippen LogP contribution in [0.2, 0.25) is 0 Å². The first-order valence-electron chi connectivity index (χ1n) is 4.61. The first-order valence-corrected chi connectivity index (χ1v) is 4.61. The fourth-order valence-corrected chi connectivity index (χ4v) is 1.25. The average Bonchev–Trinajstić information content (AvgIpc) is 2.29. The quantitative estimate of drug-likeness (QED) is 0.773. The van der Waals surface area contributed by atoms with Crippen LogP contribution < -0.4 is 5.73 Å². The Bertz CT molecular complexity index is 455. The number of aromatic nitrogens is 4. The van der Waals surface area contributed by atoms with Crippen molar-refractivity contribution in [3.05, 3.63) is 35.9 Å². The van der Waals surface area contributed by atoms with Crippen LogP contribution in [0.1, 0.15) is 11.4 Å². The van der Waals surface area contributed by atoms with E-state index in [4.69, 9.17) is 5.73 Å². The van der Waals surface area contributed by atoms with Gasteiger partial charge in [0, 0.05) is 24.6 Å². The second-order valence-corrected chi connectivity index (χ2v) is 3.10. The number of hydrogen-bond donors (Lipinski definition) is 1. The van der Waals surface area contributed by atoms with Crippen LogP contribution in [0.25, 0.3) is 11.6 Å². The van der Waals surface area contributed by atoms with Gasteiger partial charge in [-0.2, -0.15) is 0 Å². The van der Waals surface area contributed by atoms with Gasteiger partial charge in [-0.25, -0.2) is 19.9 Å². The van der Waals surface area contributed by atoms with Crippen molar-refractivity contribution in [1.82, 2.24) is 19.9 Å². The highest BCUT2D eigenvalue weighted by Gasteiger charge is 2.05. The minimum Gasteiger partial charge on any atom is -0.325 e. The largest absolute Gasteiger partial charge is 0.325 e. The highest BCUT2D eigenvalue weighted by molar-refractivity contribution is 5.42. The van der Waals surface area contributed by atoms with E-state index in [2.05, 4.69) is 19.9 Å². The SMILES string of the molecule is Cc1cc(CN)nc(-c2ncccn2)n1. The zero-order chi connectivity index (χ0) is 10.7. The maximum Gasteiger partial charge on any atom is 0.198 e. The molecule has 0 unspecified atom stereocenters. The first kappa shape index (κ1) is 9.67. The van der Waals surface area contributed by atoms with Crippen LogP contribution in [0.15, 0.2) is 24.5 Å². The summed E-state index contributed by atoms with van der Waals surface area (Å²) in [5.41, 5.74) is 7.20. The molecular formula is C10H11N5. The smallest absolute Gasteiger partial charge is 0.198 e. The second-order valence-electron chi connectivity index (χ2n) is 3.10. The van der Waals surface area contributed by atoms with Gasteiger partial charge in [0.2, 0.25) is 0 Å². The number of hydrogen-bond acceptors (Lipinski definition) is 5. The summed E-state index contributed by atoms with van der Waals surface area (Å²) < 4.78 is 0. The molecule has 5 nitrogen and oxygen atoms in total. The van der Waals surface area contributed by atoms with E-state index in [1.165, 1.54) is 0 Å². The molecule has 2 heterocycles. The van der Waals surface area contributed by atoms with Gasteiger partial charge >= 0.3 is 0 Å². The molecule has 0 aliphatic heterocycles.